The summed E-state index contributed by atoms with van der Waals surface area (Å²) < 4.78 is 1.99. The first kappa shape index (κ1) is 13.9. The van der Waals surface area contributed by atoms with Crippen LogP contribution in [0.5, 0.6) is 0 Å². The van der Waals surface area contributed by atoms with E-state index in [1.807, 2.05) is 47.3 Å². The van der Waals surface area contributed by atoms with Gasteiger partial charge in [-0.05, 0) is 30.2 Å². The smallest absolute Gasteiger partial charge is 0.101 e. The van der Waals surface area contributed by atoms with Gasteiger partial charge in [0.1, 0.15) is 6.07 Å². The van der Waals surface area contributed by atoms with Crippen molar-refractivity contribution in [2.24, 2.45) is 0 Å². The average molecular weight is 284 g/mol. The molecule has 2 nitrogen and oxygen atoms in total. The van der Waals surface area contributed by atoms with Crippen LogP contribution in [-0.2, 0) is 0 Å². The van der Waals surface area contributed by atoms with Crippen molar-refractivity contribution in [3.63, 3.8) is 0 Å². The van der Waals surface area contributed by atoms with Crippen LogP contribution >= 0.6 is 0 Å². The molecule has 0 fully saturated rings. The highest BCUT2D eigenvalue weighted by molar-refractivity contribution is 5.71. The summed E-state index contributed by atoms with van der Waals surface area (Å²) in [4.78, 5) is 0. The minimum Gasteiger partial charge on any atom is -0.322 e. The molecule has 0 radical (unpaired) electrons. The molecule has 3 rings (SSSR count). The maximum Gasteiger partial charge on any atom is 0.101 e. The summed E-state index contributed by atoms with van der Waals surface area (Å²) in [6.07, 6.45) is 5.70. The summed E-state index contributed by atoms with van der Waals surface area (Å²) in [7, 11) is 0. The van der Waals surface area contributed by atoms with Crippen molar-refractivity contribution in [2.45, 2.75) is 6.92 Å². The second-order valence-electron chi connectivity index (χ2n) is 5.27. The van der Waals surface area contributed by atoms with E-state index in [1.54, 1.807) is 0 Å². The van der Waals surface area contributed by atoms with Gasteiger partial charge in [0, 0.05) is 23.6 Å². The highest BCUT2D eigenvalue weighted by atomic mass is 14.9. The summed E-state index contributed by atoms with van der Waals surface area (Å²) in [5, 5.41) is 9.40. The Morgan fingerprint density at radius 2 is 1.68 bits per heavy atom. The van der Waals surface area contributed by atoms with Crippen LogP contribution in [0.1, 0.15) is 16.7 Å². The van der Waals surface area contributed by atoms with E-state index in [0.717, 1.165) is 22.4 Å². The van der Waals surface area contributed by atoms with Gasteiger partial charge in [0.25, 0.3) is 0 Å². The van der Waals surface area contributed by atoms with Crippen LogP contribution in [0.2, 0.25) is 0 Å². The lowest BCUT2D eigenvalue weighted by Gasteiger charge is -2.03. The van der Waals surface area contributed by atoms with E-state index < -0.39 is 0 Å². The third-order valence-corrected chi connectivity index (χ3v) is 3.74. The zero-order valence-electron chi connectivity index (χ0n) is 12.5. The van der Waals surface area contributed by atoms with Gasteiger partial charge in [0.2, 0.25) is 0 Å². The molecule has 106 valence electrons. The lowest BCUT2D eigenvalue weighted by atomic mass is 10.0. The zero-order chi connectivity index (χ0) is 15.5. The third-order valence-electron chi connectivity index (χ3n) is 3.74. The van der Waals surface area contributed by atoms with Crippen LogP contribution in [0, 0.1) is 18.3 Å². The quantitative estimate of drug-likeness (QED) is 0.667. The number of rotatable bonds is 3. The van der Waals surface area contributed by atoms with Gasteiger partial charge in [-0.25, -0.2) is 0 Å². The van der Waals surface area contributed by atoms with Gasteiger partial charge < -0.3 is 4.57 Å². The number of aromatic nitrogens is 1. The fourth-order valence-corrected chi connectivity index (χ4v) is 2.44. The normalized spacial score (nSPS) is 10.2. The van der Waals surface area contributed by atoms with Crippen molar-refractivity contribution in [3.8, 4) is 22.9 Å². The van der Waals surface area contributed by atoms with Crippen molar-refractivity contribution in [2.75, 3.05) is 0 Å². The molecule has 0 spiro atoms. The molecule has 22 heavy (non-hydrogen) atoms. The van der Waals surface area contributed by atoms with Crippen molar-refractivity contribution in [3.05, 3.63) is 84.2 Å². The topological polar surface area (TPSA) is 28.7 Å². The minimum absolute atomic E-state index is 0.677. The fraction of sp³-hybridized carbons (Fsp3) is 0.0500. The van der Waals surface area contributed by atoms with Crippen molar-refractivity contribution < 1.29 is 0 Å². The number of nitrogens with zero attached hydrogens (tertiary/aromatic N) is 2. The first-order valence-corrected chi connectivity index (χ1v) is 7.13. The second kappa shape index (κ2) is 5.75. The van der Waals surface area contributed by atoms with Crippen molar-refractivity contribution in [1.29, 1.82) is 5.26 Å². The van der Waals surface area contributed by atoms with E-state index in [2.05, 4.69) is 43.8 Å². The van der Waals surface area contributed by atoms with Gasteiger partial charge in [-0.2, -0.15) is 5.26 Å². The molecule has 0 amide bonds. The number of hydrogen-bond donors (Lipinski definition) is 0. The van der Waals surface area contributed by atoms with E-state index in [1.165, 1.54) is 5.56 Å². The summed E-state index contributed by atoms with van der Waals surface area (Å²) >= 11 is 0. The lowest BCUT2D eigenvalue weighted by molar-refractivity contribution is 1.08. The Bertz CT molecular complexity index is 844. The average Bonchev–Trinajstić information content (AvgIpc) is 3.00. The Morgan fingerprint density at radius 3 is 2.27 bits per heavy atom. The van der Waals surface area contributed by atoms with Gasteiger partial charge in [-0.1, -0.05) is 54.6 Å². The highest BCUT2D eigenvalue weighted by Crippen LogP contribution is 2.26. The van der Waals surface area contributed by atoms with Crippen molar-refractivity contribution >= 4 is 6.08 Å². The van der Waals surface area contributed by atoms with Crippen LogP contribution in [0.25, 0.3) is 22.9 Å². The van der Waals surface area contributed by atoms with Gasteiger partial charge in [0.05, 0.1) is 5.56 Å². The van der Waals surface area contributed by atoms with E-state index in [9.17, 15) is 5.26 Å². The maximum atomic E-state index is 9.40. The number of benzene rings is 2. The molecule has 2 aromatic carbocycles. The van der Waals surface area contributed by atoms with E-state index in [-0.39, 0.29) is 0 Å². The molecule has 0 N–H and O–H groups in total. The van der Waals surface area contributed by atoms with E-state index >= 15 is 0 Å². The van der Waals surface area contributed by atoms with Gasteiger partial charge in [-0.15, -0.1) is 0 Å². The minimum atomic E-state index is 0.677. The van der Waals surface area contributed by atoms with Crippen LogP contribution in [0.4, 0.5) is 0 Å². The maximum absolute atomic E-state index is 9.40. The van der Waals surface area contributed by atoms with E-state index in [0.29, 0.717) is 5.56 Å². The zero-order valence-corrected chi connectivity index (χ0v) is 12.5. The molecule has 1 aromatic heterocycles. The molecule has 0 atom stereocenters. The Hall–Kier alpha value is -3.05. The first-order valence-electron chi connectivity index (χ1n) is 7.13. The molecule has 0 aliphatic rings. The number of hydrogen-bond acceptors (Lipinski definition) is 1. The molecular weight excluding hydrogens is 268 g/mol. The predicted octanol–water partition coefficient (Wildman–Crippen LogP) is 4.97. The number of aryl methyl sites for hydroxylation is 1. The molecule has 0 saturated heterocycles. The van der Waals surface area contributed by atoms with Crippen LogP contribution < -0.4 is 0 Å². The number of nitriles is 1. The van der Waals surface area contributed by atoms with Gasteiger partial charge in [-0.3, -0.25) is 0 Å². The molecule has 3 aromatic rings. The predicted molar refractivity (Wildman–Crippen MR) is 90.7 cm³/mol. The molecule has 0 aliphatic heterocycles. The Labute approximate surface area is 130 Å². The Balaban J connectivity index is 2.06. The monoisotopic (exact) mass is 284 g/mol. The largest absolute Gasteiger partial charge is 0.322 e. The molecule has 0 saturated carbocycles. The molecule has 2 heteroatoms. The summed E-state index contributed by atoms with van der Waals surface area (Å²) in [6.45, 7) is 5.82. The summed E-state index contributed by atoms with van der Waals surface area (Å²) in [5.41, 5.74) is 6.01. The highest BCUT2D eigenvalue weighted by Gasteiger charge is 2.09. The Kier molecular flexibility index (Phi) is 3.64. The molecule has 0 unspecified atom stereocenters. The van der Waals surface area contributed by atoms with Gasteiger partial charge >= 0.3 is 0 Å². The van der Waals surface area contributed by atoms with Crippen LogP contribution in [0.3, 0.4) is 0 Å². The molecular formula is C20H16N2. The Morgan fingerprint density at radius 1 is 1.00 bits per heavy atom. The molecule has 0 aliphatic carbocycles. The second-order valence-corrected chi connectivity index (χ2v) is 5.27. The van der Waals surface area contributed by atoms with Crippen molar-refractivity contribution in [1.82, 2.24) is 4.57 Å². The van der Waals surface area contributed by atoms with Crippen LogP contribution in [-0.4, -0.2) is 4.57 Å². The first-order chi connectivity index (χ1) is 10.7. The van der Waals surface area contributed by atoms with Crippen LogP contribution in [0.15, 0.2) is 67.5 Å². The van der Waals surface area contributed by atoms with E-state index in [4.69, 9.17) is 0 Å². The summed E-state index contributed by atoms with van der Waals surface area (Å²) in [5.74, 6) is 0. The third kappa shape index (κ3) is 2.57. The lowest BCUT2D eigenvalue weighted by Crippen LogP contribution is -1.89. The molecule has 1 heterocycles. The summed E-state index contributed by atoms with van der Waals surface area (Å²) in [6, 6.07) is 18.6. The van der Waals surface area contributed by atoms with Gasteiger partial charge in [0.15, 0.2) is 0 Å². The SMILES string of the molecule is C=Cc1ccc(-n2cc(C#N)c(-c3ccc(C)cc3)c2)cc1. The molecule has 0 bridgehead atoms. The fourth-order valence-electron chi connectivity index (χ4n) is 2.44. The standard InChI is InChI=1S/C20H16N2/c1-3-16-6-10-19(11-7-16)22-13-18(12-21)20(14-22)17-8-4-15(2)5-9-17/h3-11,13-14H,1H2,2H3.